The molecule has 1 aliphatic heterocycles. The highest BCUT2D eigenvalue weighted by molar-refractivity contribution is 6.02. The number of piperidine rings is 1. The van der Waals surface area contributed by atoms with Gasteiger partial charge in [-0.2, -0.15) is 5.10 Å². The number of anilines is 1. The Balaban J connectivity index is 1.80. The highest BCUT2D eigenvalue weighted by atomic mass is 16.3. The minimum atomic E-state index is -0.372. The maximum Gasteiger partial charge on any atom is 0.257 e. The van der Waals surface area contributed by atoms with Crippen LogP contribution in [0.4, 0.5) is 5.69 Å². The molecule has 136 valence electrons. The van der Waals surface area contributed by atoms with E-state index in [2.05, 4.69) is 17.0 Å². The number of aromatic nitrogens is 2. The van der Waals surface area contributed by atoms with Crippen LogP contribution in [0.1, 0.15) is 34.8 Å². The van der Waals surface area contributed by atoms with E-state index in [4.69, 9.17) is 0 Å². The van der Waals surface area contributed by atoms with Crippen molar-refractivity contribution in [2.75, 3.05) is 18.4 Å². The minimum Gasteiger partial charge on any atom is -0.507 e. The Morgan fingerprint density at radius 2 is 2.19 bits per heavy atom. The zero-order valence-corrected chi connectivity index (χ0v) is 14.7. The average molecular weight is 354 g/mol. The molecule has 0 saturated carbocycles. The summed E-state index contributed by atoms with van der Waals surface area (Å²) < 4.78 is 1.83. The largest absolute Gasteiger partial charge is 0.507 e. The first-order chi connectivity index (χ1) is 12.5. The van der Waals surface area contributed by atoms with Crippen LogP contribution in [0.3, 0.4) is 0 Å². The van der Waals surface area contributed by atoms with Crippen LogP contribution in [0.15, 0.2) is 43.1 Å². The maximum absolute atomic E-state index is 12.9. The molecule has 0 aliphatic carbocycles. The van der Waals surface area contributed by atoms with Crippen LogP contribution in [0, 0.1) is 0 Å². The first kappa shape index (κ1) is 17.7. The van der Waals surface area contributed by atoms with Crippen molar-refractivity contribution < 1.29 is 14.7 Å². The lowest BCUT2D eigenvalue weighted by Gasteiger charge is -2.33. The van der Waals surface area contributed by atoms with Gasteiger partial charge in [-0.25, -0.2) is 0 Å². The van der Waals surface area contributed by atoms with Gasteiger partial charge in [0.1, 0.15) is 5.75 Å². The molecule has 2 heterocycles. The van der Waals surface area contributed by atoms with Gasteiger partial charge in [0, 0.05) is 43.6 Å². The normalized spacial score (nSPS) is 17.0. The Morgan fingerprint density at radius 1 is 1.38 bits per heavy atom. The number of likely N-dealkylation sites (tertiary alicyclic amines) is 1. The molecule has 0 bridgehead atoms. The maximum atomic E-state index is 12.9. The molecule has 1 aromatic carbocycles. The van der Waals surface area contributed by atoms with Crippen LogP contribution in [0.5, 0.6) is 5.75 Å². The molecule has 1 unspecified atom stereocenters. The van der Waals surface area contributed by atoms with Crippen LogP contribution in [0.25, 0.3) is 0 Å². The van der Waals surface area contributed by atoms with Crippen LogP contribution < -0.4 is 5.32 Å². The third-order valence-corrected chi connectivity index (χ3v) is 4.67. The number of phenolic OH excluding ortho intramolecular Hbond substituents is 1. The molecule has 2 aromatic rings. The van der Waals surface area contributed by atoms with Gasteiger partial charge in [-0.1, -0.05) is 6.58 Å². The second kappa shape index (κ2) is 7.43. The van der Waals surface area contributed by atoms with Crippen molar-refractivity contribution in [3.8, 4) is 5.75 Å². The van der Waals surface area contributed by atoms with Crippen LogP contribution in [-0.2, 0) is 11.8 Å². The molecule has 2 N–H and O–H groups in total. The van der Waals surface area contributed by atoms with Gasteiger partial charge in [0.25, 0.3) is 5.91 Å². The van der Waals surface area contributed by atoms with Gasteiger partial charge in [0.2, 0.25) is 5.91 Å². The zero-order chi connectivity index (χ0) is 18.7. The van der Waals surface area contributed by atoms with E-state index in [0.717, 1.165) is 24.6 Å². The van der Waals surface area contributed by atoms with E-state index in [0.29, 0.717) is 18.8 Å². The molecule has 1 atom stereocenters. The van der Waals surface area contributed by atoms with Crippen molar-refractivity contribution in [3.63, 3.8) is 0 Å². The van der Waals surface area contributed by atoms with Crippen molar-refractivity contribution in [1.29, 1.82) is 0 Å². The van der Waals surface area contributed by atoms with E-state index in [9.17, 15) is 14.7 Å². The molecule has 3 rings (SSSR count). The molecule has 1 aliphatic rings. The predicted molar refractivity (Wildman–Crippen MR) is 98.0 cm³/mol. The number of amides is 2. The molecule has 26 heavy (non-hydrogen) atoms. The third kappa shape index (κ3) is 3.61. The van der Waals surface area contributed by atoms with Gasteiger partial charge in [-0.05, 0) is 43.2 Å². The fraction of sp³-hybridized carbons (Fsp3) is 0.316. The number of aromatic hydroxyl groups is 1. The Bertz CT molecular complexity index is 843. The number of carbonyl (C=O) groups excluding carboxylic acids is 2. The molecule has 7 nitrogen and oxygen atoms in total. The predicted octanol–water partition coefficient (Wildman–Crippen LogP) is 2.27. The molecule has 1 saturated heterocycles. The monoisotopic (exact) mass is 354 g/mol. The number of phenols is 1. The van der Waals surface area contributed by atoms with E-state index in [-0.39, 0.29) is 29.0 Å². The second-order valence-electron chi connectivity index (χ2n) is 6.40. The fourth-order valence-corrected chi connectivity index (χ4v) is 3.34. The fourth-order valence-electron chi connectivity index (χ4n) is 3.34. The summed E-state index contributed by atoms with van der Waals surface area (Å²) in [5.41, 5.74) is 1.72. The Hall–Kier alpha value is -3.09. The molecule has 2 amide bonds. The SMILES string of the molecule is C=CC(=O)Nc1ccc(O)c(C(=O)N2CCCC(c3ccnn3C)C2)c1. The molecular weight excluding hydrogens is 332 g/mol. The van der Waals surface area contributed by atoms with Crippen molar-refractivity contribution in [1.82, 2.24) is 14.7 Å². The Labute approximate surface area is 151 Å². The summed E-state index contributed by atoms with van der Waals surface area (Å²) in [5, 5.41) is 16.9. The average Bonchev–Trinajstić information content (AvgIpc) is 3.08. The first-order valence-electron chi connectivity index (χ1n) is 8.53. The molecule has 0 radical (unpaired) electrons. The number of hydrogen-bond acceptors (Lipinski definition) is 4. The molecule has 0 spiro atoms. The quantitative estimate of drug-likeness (QED) is 0.651. The van der Waals surface area contributed by atoms with E-state index < -0.39 is 0 Å². The lowest BCUT2D eigenvalue weighted by molar-refractivity contribution is -0.111. The highest BCUT2D eigenvalue weighted by Gasteiger charge is 2.28. The zero-order valence-electron chi connectivity index (χ0n) is 14.7. The topological polar surface area (TPSA) is 87.5 Å². The number of nitrogens with one attached hydrogen (secondary N) is 1. The summed E-state index contributed by atoms with van der Waals surface area (Å²) in [6.45, 7) is 4.61. The summed E-state index contributed by atoms with van der Waals surface area (Å²) in [7, 11) is 1.90. The summed E-state index contributed by atoms with van der Waals surface area (Å²) >= 11 is 0. The summed E-state index contributed by atoms with van der Waals surface area (Å²) in [5.74, 6) is -0.507. The number of benzene rings is 1. The van der Waals surface area contributed by atoms with Gasteiger partial charge in [-0.15, -0.1) is 0 Å². The van der Waals surface area contributed by atoms with Gasteiger partial charge in [-0.3, -0.25) is 14.3 Å². The summed E-state index contributed by atoms with van der Waals surface area (Å²) in [4.78, 5) is 26.1. The highest BCUT2D eigenvalue weighted by Crippen LogP contribution is 2.29. The van der Waals surface area contributed by atoms with Crippen molar-refractivity contribution in [3.05, 3.63) is 54.4 Å². The van der Waals surface area contributed by atoms with Gasteiger partial charge in [0.05, 0.1) is 5.56 Å². The van der Waals surface area contributed by atoms with E-state index in [1.54, 1.807) is 17.2 Å². The van der Waals surface area contributed by atoms with Gasteiger partial charge < -0.3 is 15.3 Å². The van der Waals surface area contributed by atoms with E-state index >= 15 is 0 Å². The van der Waals surface area contributed by atoms with Crippen LogP contribution in [-0.4, -0.2) is 44.7 Å². The molecular formula is C19H22N4O3. The number of carbonyl (C=O) groups is 2. The van der Waals surface area contributed by atoms with Crippen LogP contribution in [0.2, 0.25) is 0 Å². The number of nitrogens with zero attached hydrogens (tertiary/aromatic N) is 3. The van der Waals surface area contributed by atoms with Crippen molar-refractivity contribution in [2.24, 2.45) is 7.05 Å². The van der Waals surface area contributed by atoms with Gasteiger partial charge >= 0.3 is 0 Å². The van der Waals surface area contributed by atoms with Crippen LogP contribution >= 0.6 is 0 Å². The molecule has 7 heteroatoms. The smallest absolute Gasteiger partial charge is 0.257 e. The van der Waals surface area contributed by atoms with Crippen molar-refractivity contribution >= 4 is 17.5 Å². The van der Waals surface area contributed by atoms with E-state index in [1.165, 1.54) is 12.1 Å². The number of rotatable bonds is 4. The lowest BCUT2D eigenvalue weighted by Crippen LogP contribution is -2.39. The summed E-state index contributed by atoms with van der Waals surface area (Å²) in [6, 6.07) is 6.42. The molecule has 1 fully saturated rings. The number of aryl methyl sites for hydroxylation is 1. The number of hydrogen-bond donors (Lipinski definition) is 2. The summed E-state index contributed by atoms with van der Waals surface area (Å²) in [6.07, 6.45) is 4.78. The van der Waals surface area contributed by atoms with Crippen molar-refractivity contribution in [2.45, 2.75) is 18.8 Å². The first-order valence-corrected chi connectivity index (χ1v) is 8.53. The third-order valence-electron chi connectivity index (χ3n) is 4.67. The standard InChI is InChI=1S/C19H22N4O3/c1-3-18(25)21-14-6-7-17(24)15(11-14)19(26)23-10-4-5-13(12-23)16-8-9-20-22(16)2/h3,6-9,11,13,24H,1,4-5,10,12H2,2H3,(H,21,25). The lowest BCUT2D eigenvalue weighted by atomic mass is 9.94. The molecule has 1 aromatic heterocycles. The Kier molecular flexibility index (Phi) is 5.06. The Morgan fingerprint density at radius 3 is 2.88 bits per heavy atom. The second-order valence-corrected chi connectivity index (χ2v) is 6.40. The van der Waals surface area contributed by atoms with Gasteiger partial charge in [0.15, 0.2) is 0 Å². The minimum absolute atomic E-state index is 0.103. The van der Waals surface area contributed by atoms with E-state index in [1.807, 2.05) is 17.8 Å².